The minimum Gasteiger partial charge on any atom is -0.380 e. The molecule has 0 saturated carbocycles. The van der Waals surface area contributed by atoms with Crippen LogP contribution in [0.4, 0.5) is 0 Å². The number of nitrogens with zero attached hydrogens (tertiary/aromatic N) is 5. The average Bonchev–Trinajstić information content (AvgIpc) is 3.12. The summed E-state index contributed by atoms with van der Waals surface area (Å²) in [4.78, 5) is 12.6. The first-order valence-electron chi connectivity index (χ1n) is 25.0. The Morgan fingerprint density at radius 3 is 1.11 bits per heavy atom. The van der Waals surface area contributed by atoms with Crippen molar-refractivity contribution in [1.82, 2.24) is 35.1 Å². The number of piperazine rings is 2. The highest BCUT2D eigenvalue weighted by molar-refractivity contribution is 4.77. The van der Waals surface area contributed by atoms with Crippen LogP contribution in [0.25, 0.3) is 0 Å². The molecule has 3 saturated heterocycles. The zero-order valence-corrected chi connectivity index (χ0v) is 44.8. The van der Waals surface area contributed by atoms with Crippen LogP contribution in [0.2, 0.25) is 0 Å². The number of hydrogen-bond donors (Lipinski definition) is 2. The van der Waals surface area contributed by atoms with Gasteiger partial charge in [0.15, 0.2) is 0 Å². The van der Waals surface area contributed by atoms with Crippen molar-refractivity contribution in [3.05, 3.63) is 0 Å². The third-order valence-electron chi connectivity index (χ3n) is 11.0. The van der Waals surface area contributed by atoms with E-state index in [2.05, 4.69) is 160 Å². The van der Waals surface area contributed by atoms with Crippen LogP contribution in [0.3, 0.4) is 0 Å². The molecule has 0 unspecified atom stereocenters. The fourth-order valence-electron chi connectivity index (χ4n) is 7.34. The van der Waals surface area contributed by atoms with Crippen LogP contribution < -0.4 is 10.6 Å². The van der Waals surface area contributed by atoms with E-state index >= 15 is 0 Å². The summed E-state index contributed by atoms with van der Waals surface area (Å²) in [6, 6.07) is 0. The molecule has 0 aromatic rings. The highest BCUT2D eigenvalue weighted by atomic mass is 16.5. The Balaban J connectivity index is 0.000000465. The van der Waals surface area contributed by atoms with Gasteiger partial charge >= 0.3 is 0 Å². The Bertz CT molecular complexity index is 990. The lowest BCUT2D eigenvalue weighted by Crippen LogP contribution is -2.49. The summed E-state index contributed by atoms with van der Waals surface area (Å²) in [5.41, 5.74) is 0.867. The number of ether oxygens (including phenoxy) is 4. The van der Waals surface area contributed by atoms with E-state index in [0.717, 1.165) is 111 Å². The second-order valence-electron chi connectivity index (χ2n) is 24.9. The molecule has 0 spiro atoms. The average molecular weight is 884 g/mol. The molecule has 11 heteroatoms. The molecule has 0 radical (unpaired) electrons. The van der Waals surface area contributed by atoms with Crippen LogP contribution in [0.5, 0.6) is 0 Å². The van der Waals surface area contributed by atoms with E-state index in [4.69, 9.17) is 18.9 Å². The van der Waals surface area contributed by atoms with Gasteiger partial charge < -0.3 is 34.5 Å². The van der Waals surface area contributed by atoms with Crippen LogP contribution in [0, 0.1) is 16.7 Å². The Hall–Kier alpha value is -0.440. The van der Waals surface area contributed by atoms with Gasteiger partial charge in [-0.15, -0.1) is 0 Å². The van der Waals surface area contributed by atoms with Crippen molar-refractivity contribution in [2.24, 2.45) is 16.7 Å². The summed E-state index contributed by atoms with van der Waals surface area (Å²) in [6.45, 7) is 64.1. The van der Waals surface area contributed by atoms with Crippen LogP contribution >= 0.6 is 0 Å². The van der Waals surface area contributed by atoms with E-state index in [1.54, 1.807) is 0 Å². The third kappa shape index (κ3) is 37.7. The molecule has 0 amide bonds. The highest BCUT2D eigenvalue weighted by Crippen LogP contribution is 2.21. The number of likely N-dealkylation sites (tertiary alicyclic amines) is 1. The predicted octanol–water partition coefficient (Wildman–Crippen LogP) is 7.83. The van der Waals surface area contributed by atoms with Crippen LogP contribution in [-0.4, -0.2) is 198 Å². The highest BCUT2D eigenvalue weighted by Gasteiger charge is 2.22. The molecule has 372 valence electrons. The molecule has 3 aliphatic heterocycles. The number of rotatable bonds is 20. The number of hydrogen-bond acceptors (Lipinski definition) is 11. The topological polar surface area (TPSA) is 77.2 Å². The summed E-state index contributed by atoms with van der Waals surface area (Å²) >= 11 is 0. The monoisotopic (exact) mass is 884 g/mol. The molecular formula is C51H109N7O4. The first kappa shape index (κ1) is 59.6. The summed E-state index contributed by atoms with van der Waals surface area (Å²) in [6.07, 6.45) is 4.02. The smallest absolute Gasteiger partial charge is 0.0600 e. The minimum atomic E-state index is -0.0216. The van der Waals surface area contributed by atoms with Crippen molar-refractivity contribution in [3.8, 4) is 0 Å². The maximum atomic E-state index is 5.81. The Kier molecular flexibility index (Phi) is 28.2. The molecule has 0 aromatic heterocycles. The van der Waals surface area contributed by atoms with Crippen LogP contribution in [0.15, 0.2) is 0 Å². The largest absolute Gasteiger partial charge is 0.380 e. The molecule has 0 bridgehead atoms. The lowest BCUT2D eigenvalue weighted by atomic mass is 9.93. The van der Waals surface area contributed by atoms with Gasteiger partial charge in [-0.2, -0.15) is 0 Å². The van der Waals surface area contributed by atoms with Crippen molar-refractivity contribution in [2.45, 2.75) is 166 Å². The zero-order valence-electron chi connectivity index (χ0n) is 44.8. The molecule has 3 rings (SSSR count). The lowest BCUT2D eigenvalue weighted by Gasteiger charge is -2.35. The summed E-state index contributed by atoms with van der Waals surface area (Å²) in [5, 5.41) is 7.16. The molecule has 3 heterocycles. The SMILES string of the molecule is CC(C)(C)CNCCN1CCN(CCOC(C)(C)C)CC1.CC(C)(C)COCCN1CCN(CCOC(C)(C)C)CC1.CC(C)(C)NCCC1CCN(CCOC(C)(C)C)CC1. The minimum absolute atomic E-state index is 0.00303. The zero-order chi connectivity index (χ0) is 47.1. The second kappa shape index (κ2) is 29.3. The van der Waals surface area contributed by atoms with Gasteiger partial charge in [0.05, 0.1) is 49.8 Å². The van der Waals surface area contributed by atoms with Crippen molar-refractivity contribution in [1.29, 1.82) is 0 Å². The molecule has 0 aliphatic carbocycles. The Labute approximate surface area is 386 Å². The third-order valence-corrected chi connectivity index (χ3v) is 11.0. The molecular weight excluding hydrogens is 775 g/mol. The molecule has 0 aromatic carbocycles. The van der Waals surface area contributed by atoms with E-state index in [9.17, 15) is 0 Å². The van der Waals surface area contributed by atoms with Gasteiger partial charge in [-0.05, 0) is 139 Å². The number of nitrogens with one attached hydrogen (secondary N) is 2. The first-order valence-corrected chi connectivity index (χ1v) is 25.0. The molecule has 62 heavy (non-hydrogen) atoms. The van der Waals surface area contributed by atoms with E-state index < -0.39 is 0 Å². The molecule has 11 nitrogen and oxygen atoms in total. The maximum absolute atomic E-state index is 5.81. The van der Waals surface area contributed by atoms with E-state index in [0.29, 0.717) is 5.41 Å². The van der Waals surface area contributed by atoms with Crippen molar-refractivity contribution in [3.63, 3.8) is 0 Å². The van der Waals surface area contributed by atoms with Gasteiger partial charge in [-0.3, -0.25) is 19.6 Å². The van der Waals surface area contributed by atoms with E-state index in [-0.39, 0.29) is 27.8 Å². The van der Waals surface area contributed by atoms with Gasteiger partial charge in [0.25, 0.3) is 0 Å². The summed E-state index contributed by atoms with van der Waals surface area (Å²) in [7, 11) is 0. The standard InChI is InChI=1S/C17H37N3O.C17H36N2O2.C17H36N2O/c1-16(2,3)15-18-7-8-19-9-11-20(12-10-19)13-14-21-17(4,5)6;1-16(2,3)15-20-13-11-18-7-9-19(10-8-18)12-14-21-17(4,5)6;1-16(2,3)18-10-7-15-8-11-19(12-9-15)13-14-20-17(4,5)6/h18H,7-15H2,1-6H3;7-15H2,1-6H3;15,18H,7-14H2,1-6H3. The lowest BCUT2D eigenvalue weighted by molar-refractivity contribution is -0.0194. The van der Waals surface area contributed by atoms with Crippen LogP contribution in [-0.2, 0) is 18.9 Å². The fraction of sp³-hybridized carbons (Fsp3) is 1.00. The van der Waals surface area contributed by atoms with Crippen LogP contribution in [0.1, 0.15) is 144 Å². The Morgan fingerprint density at radius 1 is 0.419 bits per heavy atom. The Morgan fingerprint density at radius 2 is 0.774 bits per heavy atom. The molecule has 3 aliphatic rings. The normalized spacial score (nSPS) is 19.3. The first-order chi connectivity index (χ1) is 28.5. The fourth-order valence-corrected chi connectivity index (χ4v) is 7.34. The van der Waals surface area contributed by atoms with Crippen molar-refractivity contribution in [2.75, 3.05) is 151 Å². The molecule has 0 atom stereocenters. The number of piperidine rings is 1. The van der Waals surface area contributed by atoms with Crippen molar-refractivity contribution < 1.29 is 18.9 Å². The second-order valence-corrected chi connectivity index (χ2v) is 24.9. The van der Waals surface area contributed by atoms with Gasteiger partial charge in [-0.1, -0.05) is 41.5 Å². The maximum Gasteiger partial charge on any atom is 0.0600 e. The van der Waals surface area contributed by atoms with Crippen molar-refractivity contribution >= 4 is 0 Å². The van der Waals surface area contributed by atoms with Gasteiger partial charge in [0, 0.05) is 104 Å². The van der Waals surface area contributed by atoms with Gasteiger partial charge in [0.1, 0.15) is 0 Å². The predicted molar refractivity (Wildman–Crippen MR) is 267 cm³/mol. The van der Waals surface area contributed by atoms with E-state index in [1.807, 2.05) is 0 Å². The summed E-state index contributed by atoms with van der Waals surface area (Å²) < 4.78 is 23.2. The summed E-state index contributed by atoms with van der Waals surface area (Å²) in [5.74, 6) is 0.907. The van der Waals surface area contributed by atoms with Gasteiger partial charge in [0.2, 0.25) is 0 Å². The quantitative estimate of drug-likeness (QED) is 0.118. The van der Waals surface area contributed by atoms with Gasteiger partial charge in [-0.25, -0.2) is 0 Å². The van der Waals surface area contributed by atoms with E-state index in [1.165, 1.54) is 65.1 Å². The molecule has 2 N–H and O–H groups in total. The molecule has 3 fully saturated rings.